The SMILES string of the molecule is C=CC(=O)NC1CCC=C(c2ccnc3[nH]cc(-c4cnn(C5COC5)c4)c23)C1. The number of amides is 1. The Morgan fingerprint density at radius 3 is 3.07 bits per heavy atom. The number of pyridine rings is 1. The van der Waals surface area contributed by atoms with Gasteiger partial charge < -0.3 is 15.0 Å². The van der Waals surface area contributed by atoms with E-state index >= 15 is 0 Å². The molecule has 29 heavy (non-hydrogen) atoms. The van der Waals surface area contributed by atoms with Crippen LogP contribution in [0.25, 0.3) is 27.7 Å². The summed E-state index contributed by atoms with van der Waals surface area (Å²) in [5.74, 6) is -0.120. The molecule has 0 aromatic carbocycles. The van der Waals surface area contributed by atoms with E-state index in [2.05, 4.69) is 45.3 Å². The number of carbonyl (C=O) groups is 1. The third-order valence-corrected chi connectivity index (χ3v) is 5.73. The van der Waals surface area contributed by atoms with Crippen molar-refractivity contribution in [1.82, 2.24) is 25.1 Å². The van der Waals surface area contributed by atoms with Gasteiger partial charge in [-0.2, -0.15) is 5.10 Å². The lowest BCUT2D eigenvalue weighted by Crippen LogP contribution is -2.34. The summed E-state index contributed by atoms with van der Waals surface area (Å²) in [6.45, 7) is 4.98. The van der Waals surface area contributed by atoms with Crippen LogP contribution in [0.2, 0.25) is 0 Å². The van der Waals surface area contributed by atoms with E-state index in [9.17, 15) is 4.79 Å². The maximum Gasteiger partial charge on any atom is 0.243 e. The number of hydrogen-bond donors (Lipinski definition) is 2. The van der Waals surface area contributed by atoms with Crippen LogP contribution in [-0.2, 0) is 9.53 Å². The molecular formula is C22H23N5O2. The highest BCUT2D eigenvalue weighted by atomic mass is 16.5. The summed E-state index contributed by atoms with van der Waals surface area (Å²) in [7, 11) is 0. The van der Waals surface area contributed by atoms with E-state index < -0.39 is 0 Å². The van der Waals surface area contributed by atoms with Crippen LogP contribution in [-0.4, -0.2) is 44.9 Å². The molecule has 3 aromatic rings. The topological polar surface area (TPSA) is 84.8 Å². The number of H-pyrrole nitrogens is 1. The molecule has 7 nitrogen and oxygen atoms in total. The summed E-state index contributed by atoms with van der Waals surface area (Å²) in [5, 5.41) is 8.66. The molecule has 4 heterocycles. The minimum absolute atomic E-state index is 0.118. The molecule has 7 heteroatoms. The number of aromatic amines is 1. The average molecular weight is 389 g/mol. The molecule has 1 atom stereocenters. The van der Waals surface area contributed by atoms with Crippen molar-refractivity contribution < 1.29 is 9.53 Å². The van der Waals surface area contributed by atoms with Gasteiger partial charge in [0.25, 0.3) is 0 Å². The minimum Gasteiger partial charge on any atom is -0.377 e. The fraction of sp³-hybridized carbons (Fsp3) is 0.318. The van der Waals surface area contributed by atoms with Crippen molar-refractivity contribution in [3.8, 4) is 11.1 Å². The zero-order valence-electron chi connectivity index (χ0n) is 16.1. The van der Waals surface area contributed by atoms with Crippen LogP contribution in [0.4, 0.5) is 0 Å². The Bertz CT molecular complexity index is 1110. The lowest BCUT2D eigenvalue weighted by molar-refractivity contribution is -0.117. The van der Waals surface area contributed by atoms with Gasteiger partial charge in [0.1, 0.15) is 5.65 Å². The Hall–Kier alpha value is -3.19. The third-order valence-electron chi connectivity index (χ3n) is 5.73. The first-order chi connectivity index (χ1) is 14.2. The summed E-state index contributed by atoms with van der Waals surface area (Å²) in [6, 6.07) is 2.50. The first-order valence-electron chi connectivity index (χ1n) is 9.93. The van der Waals surface area contributed by atoms with Crippen molar-refractivity contribution in [1.29, 1.82) is 0 Å². The van der Waals surface area contributed by atoms with Gasteiger partial charge >= 0.3 is 0 Å². The molecule has 1 amide bonds. The molecule has 2 N–H and O–H groups in total. The quantitative estimate of drug-likeness (QED) is 0.656. The van der Waals surface area contributed by atoms with E-state index in [0.717, 1.165) is 47.0 Å². The second-order valence-corrected chi connectivity index (χ2v) is 7.61. The fourth-order valence-electron chi connectivity index (χ4n) is 4.12. The average Bonchev–Trinajstić information content (AvgIpc) is 3.33. The summed E-state index contributed by atoms with van der Waals surface area (Å²) in [6.07, 6.45) is 14.1. The highest BCUT2D eigenvalue weighted by molar-refractivity contribution is 6.01. The molecule has 0 radical (unpaired) electrons. The van der Waals surface area contributed by atoms with Crippen LogP contribution in [0.3, 0.4) is 0 Å². The minimum atomic E-state index is -0.120. The van der Waals surface area contributed by atoms with Gasteiger partial charge in [-0.05, 0) is 42.5 Å². The molecule has 148 valence electrons. The lowest BCUT2D eigenvalue weighted by Gasteiger charge is -2.25. The van der Waals surface area contributed by atoms with Gasteiger partial charge in [0.05, 0.1) is 25.5 Å². The molecule has 2 aliphatic rings. The highest BCUT2D eigenvalue weighted by Crippen LogP contribution is 2.37. The number of nitrogens with one attached hydrogen (secondary N) is 2. The van der Waals surface area contributed by atoms with Gasteiger partial charge in [-0.1, -0.05) is 12.7 Å². The molecule has 1 aliphatic carbocycles. The Labute approximate surface area is 168 Å². The van der Waals surface area contributed by atoms with E-state index in [1.165, 1.54) is 11.6 Å². The summed E-state index contributed by atoms with van der Waals surface area (Å²) in [5.41, 5.74) is 5.40. The lowest BCUT2D eigenvalue weighted by atomic mass is 9.88. The molecular weight excluding hydrogens is 366 g/mol. The predicted octanol–water partition coefficient (Wildman–Crippen LogP) is 3.24. The van der Waals surface area contributed by atoms with E-state index in [0.29, 0.717) is 19.3 Å². The molecule has 5 rings (SSSR count). The third kappa shape index (κ3) is 3.27. The van der Waals surface area contributed by atoms with Gasteiger partial charge in [0.2, 0.25) is 5.91 Å². The number of fused-ring (bicyclic) bond motifs is 1. The second-order valence-electron chi connectivity index (χ2n) is 7.61. The Morgan fingerprint density at radius 1 is 1.38 bits per heavy atom. The van der Waals surface area contributed by atoms with Gasteiger partial charge in [-0.3, -0.25) is 9.48 Å². The number of aromatic nitrogens is 4. The van der Waals surface area contributed by atoms with Crippen LogP contribution in [0.5, 0.6) is 0 Å². The molecule has 1 fully saturated rings. The first-order valence-corrected chi connectivity index (χ1v) is 9.93. The van der Waals surface area contributed by atoms with Crippen LogP contribution in [0.1, 0.15) is 30.9 Å². The molecule has 0 saturated carbocycles. The van der Waals surface area contributed by atoms with Crippen molar-refractivity contribution in [3.05, 3.63) is 55.1 Å². The van der Waals surface area contributed by atoms with Crippen molar-refractivity contribution in [2.24, 2.45) is 0 Å². The molecule has 1 unspecified atom stereocenters. The zero-order valence-corrected chi connectivity index (χ0v) is 16.1. The van der Waals surface area contributed by atoms with E-state index in [4.69, 9.17) is 4.74 Å². The summed E-state index contributed by atoms with van der Waals surface area (Å²) in [4.78, 5) is 19.6. The van der Waals surface area contributed by atoms with Crippen LogP contribution in [0.15, 0.2) is 49.6 Å². The number of rotatable bonds is 5. The zero-order chi connectivity index (χ0) is 19.8. The summed E-state index contributed by atoms with van der Waals surface area (Å²) >= 11 is 0. The maximum atomic E-state index is 11.7. The Kier molecular flexibility index (Phi) is 4.52. The molecule has 0 spiro atoms. The van der Waals surface area contributed by atoms with Crippen molar-refractivity contribution >= 4 is 22.5 Å². The monoisotopic (exact) mass is 389 g/mol. The molecule has 3 aromatic heterocycles. The van der Waals surface area contributed by atoms with Crippen molar-refractivity contribution in [3.63, 3.8) is 0 Å². The predicted molar refractivity (Wildman–Crippen MR) is 111 cm³/mol. The van der Waals surface area contributed by atoms with Gasteiger partial charge in [0, 0.05) is 41.1 Å². The van der Waals surface area contributed by atoms with E-state index in [1.807, 2.05) is 23.3 Å². The number of ether oxygens (including phenoxy) is 1. The summed E-state index contributed by atoms with van der Waals surface area (Å²) < 4.78 is 7.26. The van der Waals surface area contributed by atoms with E-state index in [-0.39, 0.29) is 11.9 Å². The van der Waals surface area contributed by atoms with Crippen LogP contribution >= 0.6 is 0 Å². The van der Waals surface area contributed by atoms with Gasteiger partial charge in [0.15, 0.2) is 0 Å². The second kappa shape index (κ2) is 7.33. The normalized spacial score (nSPS) is 19.6. The molecule has 0 bridgehead atoms. The van der Waals surface area contributed by atoms with Gasteiger partial charge in [-0.15, -0.1) is 0 Å². The number of hydrogen-bond acceptors (Lipinski definition) is 4. The smallest absolute Gasteiger partial charge is 0.243 e. The number of allylic oxidation sites excluding steroid dienone is 1. The number of carbonyl (C=O) groups excluding carboxylic acids is 1. The first kappa shape index (κ1) is 17.9. The van der Waals surface area contributed by atoms with Crippen molar-refractivity contribution in [2.75, 3.05) is 13.2 Å². The molecule has 1 saturated heterocycles. The Morgan fingerprint density at radius 2 is 2.28 bits per heavy atom. The molecule has 1 aliphatic heterocycles. The fourth-order valence-corrected chi connectivity index (χ4v) is 4.12. The van der Waals surface area contributed by atoms with E-state index in [1.54, 1.807) is 0 Å². The largest absolute Gasteiger partial charge is 0.377 e. The standard InChI is InChI=1S/C22H23N5O2/c1-2-20(28)26-16-5-3-4-14(8-16)18-6-7-23-22-21(18)19(10-24-22)15-9-25-27(11-15)17-12-29-13-17/h2,4,6-7,9-11,16-17H,1,3,5,8,12-13H2,(H,23,24)(H,26,28). The highest BCUT2D eigenvalue weighted by Gasteiger charge is 2.24. The number of nitrogens with zero attached hydrogens (tertiary/aromatic N) is 3. The van der Waals surface area contributed by atoms with Crippen LogP contribution in [0, 0.1) is 0 Å². The maximum absolute atomic E-state index is 11.7. The Balaban J connectivity index is 1.51. The van der Waals surface area contributed by atoms with Gasteiger partial charge in [-0.25, -0.2) is 4.98 Å². The van der Waals surface area contributed by atoms with Crippen molar-refractivity contribution in [2.45, 2.75) is 31.3 Å². The van der Waals surface area contributed by atoms with Crippen LogP contribution < -0.4 is 5.32 Å².